The van der Waals surface area contributed by atoms with Crippen LogP contribution in [0, 0.1) is 6.92 Å². The van der Waals surface area contributed by atoms with E-state index in [1.807, 2.05) is 55.5 Å². The zero-order valence-corrected chi connectivity index (χ0v) is 17.8. The lowest BCUT2D eigenvalue weighted by molar-refractivity contribution is -0.122. The SMILES string of the molecule is COc1ccc(C)cc1NC(=O)[C@H](c1ccccc1)N1CCC[C@@H]1c1cccn1C. The van der Waals surface area contributed by atoms with E-state index in [-0.39, 0.29) is 18.0 Å². The maximum atomic E-state index is 13.7. The minimum atomic E-state index is -0.376. The fourth-order valence-electron chi connectivity index (χ4n) is 4.49. The summed E-state index contributed by atoms with van der Waals surface area (Å²) in [6.07, 6.45) is 4.18. The molecule has 1 aliphatic rings. The molecule has 2 aromatic carbocycles. The van der Waals surface area contributed by atoms with Crippen molar-refractivity contribution in [1.29, 1.82) is 0 Å². The summed E-state index contributed by atoms with van der Waals surface area (Å²) < 4.78 is 7.64. The van der Waals surface area contributed by atoms with E-state index >= 15 is 0 Å². The Morgan fingerprint density at radius 1 is 1.13 bits per heavy atom. The van der Waals surface area contributed by atoms with Gasteiger partial charge in [0.1, 0.15) is 11.8 Å². The second-order valence-electron chi connectivity index (χ2n) is 7.95. The first-order valence-electron chi connectivity index (χ1n) is 10.5. The van der Waals surface area contributed by atoms with Crippen molar-refractivity contribution < 1.29 is 9.53 Å². The number of hydrogen-bond donors (Lipinski definition) is 1. The number of benzene rings is 2. The van der Waals surface area contributed by atoms with Crippen LogP contribution < -0.4 is 10.1 Å². The Labute approximate surface area is 178 Å². The Bertz CT molecular complexity index is 1010. The summed E-state index contributed by atoms with van der Waals surface area (Å²) in [6, 6.07) is 20.0. The van der Waals surface area contributed by atoms with Crippen LogP contribution in [0.3, 0.4) is 0 Å². The van der Waals surface area contributed by atoms with Crippen molar-refractivity contribution in [2.45, 2.75) is 31.8 Å². The van der Waals surface area contributed by atoms with Crippen LogP contribution in [0.4, 0.5) is 5.69 Å². The molecule has 5 heteroatoms. The predicted molar refractivity (Wildman–Crippen MR) is 120 cm³/mol. The van der Waals surface area contributed by atoms with Crippen molar-refractivity contribution in [2.75, 3.05) is 19.0 Å². The van der Waals surface area contributed by atoms with Crippen molar-refractivity contribution in [3.63, 3.8) is 0 Å². The Balaban J connectivity index is 1.70. The van der Waals surface area contributed by atoms with Gasteiger partial charge in [-0.15, -0.1) is 0 Å². The standard InChI is InChI=1S/C25H29N3O2/c1-18-13-14-23(30-3)20(17-18)26-25(29)24(19-9-5-4-6-10-19)28-16-8-12-22(28)21-11-7-15-27(21)2/h4-7,9-11,13-15,17,22,24H,8,12,16H2,1-3H3,(H,26,29)/t22-,24+/m1/s1. The maximum Gasteiger partial charge on any atom is 0.246 e. The molecule has 1 N–H and O–H groups in total. The van der Waals surface area contributed by atoms with Gasteiger partial charge in [-0.05, 0) is 61.7 Å². The van der Waals surface area contributed by atoms with Gasteiger partial charge in [-0.1, -0.05) is 36.4 Å². The van der Waals surface area contributed by atoms with Crippen molar-refractivity contribution in [3.05, 3.63) is 83.7 Å². The van der Waals surface area contributed by atoms with Gasteiger partial charge in [-0.25, -0.2) is 0 Å². The minimum absolute atomic E-state index is 0.0359. The number of nitrogens with one attached hydrogen (secondary N) is 1. The van der Waals surface area contributed by atoms with Crippen LogP contribution in [-0.4, -0.2) is 29.0 Å². The average molecular weight is 404 g/mol. The fourth-order valence-corrected chi connectivity index (χ4v) is 4.49. The van der Waals surface area contributed by atoms with Gasteiger partial charge in [0.15, 0.2) is 0 Å². The summed E-state index contributed by atoms with van der Waals surface area (Å²) in [7, 11) is 3.70. The molecule has 2 atom stereocenters. The molecule has 3 aromatic rings. The molecular weight excluding hydrogens is 374 g/mol. The molecule has 2 heterocycles. The van der Waals surface area contributed by atoms with Gasteiger partial charge < -0.3 is 14.6 Å². The number of carbonyl (C=O) groups excluding carboxylic acids is 1. The number of anilines is 1. The zero-order chi connectivity index (χ0) is 21.1. The quantitative estimate of drug-likeness (QED) is 0.639. The number of nitrogens with zero attached hydrogens (tertiary/aromatic N) is 2. The lowest BCUT2D eigenvalue weighted by Gasteiger charge is -2.33. The van der Waals surface area contributed by atoms with Gasteiger partial charge in [-0.2, -0.15) is 0 Å². The van der Waals surface area contributed by atoms with E-state index in [1.165, 1.54) is 5.69 Å². The third-order valence-electron chi connectivity index (χ3n) is 5.93. The summed E-state index contributed by atoms with van der Waals surface area (Å²) in [5.74, 6) is 0.632. The summed E-state index contributed by atoms with van der Waals surface area (Å²) in [4.78, 5) is 16.0. The molecule has 1 aromatic heterocycles. The Morgan fingerprint density at radius 2 is 1.93 bits per heavy atom. The Hall–Kier alpha value is -3.05. The van der Waals surface area contributed by atoms with Crippen LogP contribution in [0.2, 0.25) is 0 Å². The Kier molecular flexibility index (Phi) is 5.91. The number of amides is 1. The van der Waals surface area contributed by atoms with Crippen LogP contribution in [0.15, 0.2) is 66.9 Å². The molecule has 1 aliphatic heterocycles. The van der Waals surface area contributed by atoms with E-state index in [9.17, 15) is 4.79 Å². The number of aromatic nitrogens is 1. The summed E-state index contributed by atoms with van der Waals surface area (Å²) >= 11 is 0. The molecule has 0 aliphatic carbocycles. The molecule has 156 valence electrons. The maximum absolute atomic E-state index is 13.7. The lowest BCUT2D eigenvalue weighted by atomic mass is 10.0. The molecule has 0 radical (unpaired) electrons. The topological polar surface area (TPSA) is 46.5 Å². The predicted octanol–water partition coefficient (Wildman–Crippen LogP) is 4.86. The first-order chi connectivity index (χ1) is 14.6. The highest BCUT2D eigenvalue weighted by Gasteiger charge is 2.37. The number of likely N-dealkylation sites (tertiary alicyclic amines) is 1. The van der Waals surface area contributed by atoms with Gasteiger partial charge in [0.25, 0.3) is 0 Å². The van der Waals surface area contributed by atoms with E-state index in [4.69, 9.17) is 4.74 Å². The number of carbonyl (C=O) groups is 1. The second-order valence-corrected chi connectivity index (χ2v) is 7.95. The molecule has 1 saturated heterocycles. The molecule has 5 nitrogen and oxygen atoms in total. The highest BCUT2D eigenvalue weighted by molar-refractivity contribution is 5.97. The van der Waals surface area contributed by atoms with Gasteiger partial charge in [0.2, 0.25) is 5.91 Å². The fraction of sp³-hybridized carbons (Fsp3) is 0.320. The van der Waals surface area contributed by atoms with E-state index in [2.05, 4.69) is 40.2 Å². The Morgan fingerprint density at radius 3 is 2.63 bits per heavy atom. The summed E-state index contributed by atoms with van der Waals surface area (Å²) in [5.41, 5.74) is 4.03. The number of aryl methyl sites for hydroxylation is 2. The van der Waals surface area contributed by atoms with Gasteiger partial charge in [0, 0.05) is 18.9 Å². The third-order valence-corrected chi connectivity index (χ3v) is 5.93. The van der Waals surface area contributed by atoms with E-state index in [1.54, 1.807) is 7.11 Å². The molecule has 1 amide bonds. The molecule has 0 saturated carbocycles. The smallest absolute Gasteiger partial charge is 0.246 e. The number of ether oxygens (including phenoxy) is 1. The molecule has 30 heavy (non-hydrogen) atoms. The first-order valence-corrected chi connectivity index (χ1v) is 10.5. The highest BCUT2D eigenvalue weighted by Crippen LogP contribution is 2.39. The van der Waals surface area contributed by atoms with Crippen molar-refractivity contribution in [3.8, 4) is 5.75 Å². The van der Waals surface area contributed by atoms with E-state index in [0.29, 0.717) is 11.4 Å². The number of methoxy groups -OCH3 is 1. The number of rotatable bonds is 6. The minimum Gasteiger partial charge on any atom is -0.495 e. The van der Waals surface area contributed by atoms with Gasteiger partial charge in [0.05, 0.1) is 18.8 Å². The van der Waals surface area contributed by atoms with E-state index in [0.717, 1.165) is 30.5 Å². The normalized spacial score (nSPS) is 17.6. The van der Waals surface area contributed by atoms with Crippen LogP contribution in [0.25, 0.3) is 0 Å². The van der Waals surface area contributed by atoms with Crippen molar-refractivity contribution >= 4 is 11.6 Å². The average Bonchev–Trinajstić information content (AvgIpc) is 3.38. The first kappa shape index (κ1) is 20.2. The summed E-state index contributed by atoms with van der Waals surface area (Å²) in [6.45, 7) is 2.89. The van der Waals surface area contributed by atoms with Gasteiger partial charge in [-0.3, -0.25) is 9.69 Å². The molecule has 4 rings (SSSR count). The van der Waals surface area contributed by atoms with Gasteiger partial charge >= 0.3 is 0 Å². The highest BCUT2D eigenvalue weighted by atomic mass is 16.5. The monoisotopic (exact) mass is 403 g/mol. The molecule has 0 unspecified atom stereocenters. The molecule has 0 bridgehead atoms. The third kappa shape index (κ3) is 3.98. The number of hydrogen-bond acceptors (Lipinski definition) is 3. The second kappa shape index (κ2) is 8.76. The van der Waals surface area contributed by atoms with E-state index < -0.39 is 0 Å². The zero-order valence-electron chi connectivity index (χ0n) is 17.8. The van der Waals surface area contributed by atoms with Crippen LogP contribution in [0.1, 0.15) is 41.7 Å². The largest absolute Gasteiger partial charge is 0.495 e. The lowest BCUT2D eigenvalue weighted by Crippen LogP contribution is -2.37. The molecule has 1 fully saturated rings. The van der Waals surface area contributed by atoms with Crippen molar-refractivity contribution in [2.24, 2.45) is 7.05 Å². The van der Waals surface area contributed by atoms with Crippen LogP contribution >= 0.6 is 0 Å². The van der Waals surface area contributed by atoms with Crippen molar-refractivity contribution in [1.82, 2.24) is 9.47 Å². The van der Waals surface area contributed by atoms with Crippen LogP contribution in [0.5, 0.6) is 5.75 Å². The summed E-state index contributed by atoms with van der Waals surface area (Å²) in [5, 5.41) is 3.15. The molecular formula is C25H29N3O2. The van der Waals surface area contributed by atoms with Crippen LogP contribution in [-0.2, 0) is 11.8 Å². The molecule has 0 spiro atoms.